The smallest absolute Gasteiger partial charge is 0.348 e. The molecule has 2 heterocycles. The van der Waals surface area contributed by atoms with Crippen LogP contribution in [0, 0.1) is 0 Å². The average Bonchev–Trinajstić information content (AvgIpc) is 3.14. The zero-order valence-corrected chi connectivity index (χ0v) is 13.2. The molecule has 0 aliphatic rings. The number of hydrogen-bond donors (Lipinski definition) is 2. The SMILES string of the molecule is O=C(NCc1ccc(C(F)(F)F)cc1)c1c[nH]c(-n2cccn2)cc1=O. The Kier molecular flexibility index (Phi) is 4.61. The molecule has 3 aromatic rings. The van der Waals surface area contributed by atoms with Crippen molar-refractivity contribution in [2.24, 2.45) is 0 Å². The number of benzene rings is 1. The summed E-state index contributed by atoms with van der Waals surface area (Å²) in [6, 6.07) is 7.34. The van der Waals surface area contributed by atoms with Gasteiger partial charge in [0.15, 0.2) is 5.43 Å². The lowest BCUT2D eigenvalue weighted by atomic mass is 10.1. The Morgan fingerprint density at radius 3 is 2.54 bits per heavy atom. The molecule has 0 saturated carbocycles. The lowest BCUT2D eigenvalue weighted by Gasteiger charge is -2.09. The minimum atomic E-state index is -4.41. The van der Waals surface area contributed by atoms with Crippen molar-refractivity contribution in [3.05, 3.63) is 81.9 Å². The second kappa shape index (κ2) is 6.87. The first-order valence-corrected chi connectivity index (χ1v) is 7.52. The number of carbonyl (C=O) groups is 1. The van der Waals surface area contributed by atoms with Gasteiger partial charge in [0, 0.05) is 31.2 Å². The first kappa shape index (κ1) is 17.5. The van der Waals surface area contributed by atoms with Gasteiger partial charge in [0.2, 0.25) is 0 Å². The summed E-state index contributed by atoms with van der Waals surface area (Å²) in [4.78, 5) is 27.0. The maximum atomic E-state index is 12.5. The fraction of sp³-hybridized carbons (Fsp3) is 0.118. The van der Waals surface area contributed by atoms with Gasteiger partial charge in [-0.3, -0.25) is 9.59 Å². The number of carbonyl (C=O) groups excluding carboxylic acids is 1. The van der Waals surface area contributed by atoms with E-state index in [-0.39, 0.29) is 12.1 Å². The van der Waals surface area contributed by atoms with E-state index in [9.17, 15) is 22.8 Å². The second-order valence-electron chi connectivity index (χ2n) is 5.42. The van der Waals surface area contributed by atoms with Crippen LogP contribution in [0.2, 0.25) is 0 Å². The summed E-state index contributed by atoms with van der Waals surface area (Å²) in [6.07, 6.45) is 0.0332. The van der Waals surface area contributed by atoms with Crippen LogP contribution >= 0.6 is 0 Å². The van der Waals surface area contributed by atoms with E-state index < -0.39 is 23.1 Å². The Balaban J connectivity index is 1.68. The standard InChI is InChI=1S/C17H13F3N4O2/c18-17(19,20)12-4-2-11(3-5-12)9-22-16(26)13-10-21-15(8-14(13)25)24-7-1-6-23-24/h1-8,10H,9H2,(H,21,25)(H,22,26). The number of pyridine rings is 1. The summed E-state index contributed by atoms with van der Waals surface area (Å²) in [5.74, 6) is -0.225. The summed E-state index contributed by atoms with van der Waals surface area (Å²) in [5, 5.41) is 6.47. The van der Waals surface area contributed by atoms with Crippen molar-refractivity contribution in [1.82, 2.24) is 20.1 Å². The van der Waals surface area contributed by atoms with Gasteiger partial charge in [-0.15, -0.1) is 0 Å². The molecule has 26 heavy (non-hydrogen) atoms. The molecule has 6 nitrogen and oxygen atoms in total. The largest absolute Gasteiger partial charge is 0.416 e. The maximum Gasteiger partial charge on any atom is 0.416 e. The third-order valence-electron chi connectivity index (χ3n) is 3.63. The van der Waals surface area contributed by atoms with Gasteiger partial charge >= 0.3 is 6.18 Å². The number of aromatic nitrogens is 3. The van der Waals surface area contributed by atoms with Crippen molar-refractivity contribution in [2.75, 3.05) is 0 Å². The molecule has 0 atom stereocenters. The van der Waals surface area contributed by atoms with Crippen molar-refractivity contribution < 1.29 is 18.0 Å². The zero-order valence-electron chi connectivity index (χ0n) is 13.2. The van der Waals surface area contributed by atoms with Gasteiger partial charge in [-0.25, -0.2) is 4.68 Å². The lowest BCUT2D eigenvalue weighted by molar-refractivity contribution is -0.137. The van der Waals surface area contributed by atoms with Crippen molar-refractivity contribution in [1.29, 1.82) is 0 Å². The Morgan fingerprint density at radius 1 is 1.23 bits per heavy atom. The molecule has 3 rings (SSSR count). The number of H-pyrrole nitrogens is 1. The highest BCUT2D eigenvalue weighted by atomic mass is 19.4. The van der Waals surface area contributed by atoms with Crippen LogP contribution in [-0.2, 0) is 12.7 Å². The van der Waals surface area contributed by atoms with E-state index in [0.717, 1.165) is 12.1 Å². The molecule has 2 aromatic heterocycles. The Hall–Kier alpha value is -3.36. The zero-order chi connectivity index (χ0) is 18.7. The van der Waals surface area contributed by atoms with Crippen molar-refractivity contribution in [3.63, 3.8) is 0 Å². The Bertz CT molecular complexity index is 961. The highest BCUT2D eigenvalue weighted by Gasteiger charge is 2.29. The molecule has 0 unspecified atom stereocenters. The number of rotatable bonds is 4. The number of halogens is 3. The van der Waals surface area contributed by atoms with Crippen LogP contribution in [-0.4, -0.2) is 20.7 Å². The highest BCUT2D eigenvalue weighted by molar-refractivity contribution is 5.93. The second-order valence-corrected chi connectivity index (χ2v) is 5.42. The number of aromatic amines is 1. The van der Waals surface area contributed by atoms with Crippen molar-refractivity contribution >= 4 is 5.91 Å². The van der Waals surface area contributed by atoms with Gasteiger partial charge < -0.3 is 10.3 Å². The Morgan fingerprint density at radius 2 is 1.96 bits per heavy atom. The monoisotopic (exact) mass is 362 g/mol. The predicted molar refractivity (Wildman–Crippen MR) is 86.8 cm³/mol. The van der Waals surface area contributed by atoms with Gasteiger partial charge in [0.1, 0.15) is 11.4 Å². The van der Waals surface area contributed by atoms with Gasteiger partial charge in [0.25, 0.3) is 5.91 Å². The van der Waals surface area contributed by atoms with Crippen LogP contribution < -0.4 is 10.7 Å². The number of nitrogens with zero attached hydrogens (tertiary/aromatic N) is 2. The Labute approximate surface area is 145 Å². The van der Waals surface area contributed by atoms with Crippen LogP contribution in [0.3, 0.4) is 0 Å². The van der Waals surface area contributed by atoms with E-state index in [0.29, 0.717) is 11.4 Å². The van der Waals surface area contributed by atoms with Crippen molar-refractivity contribution in [3.8, 4) is 5.82 Å². The molecule has 9 heteroatoms. The average molecular weight is 362 g/mol. The minimum absolute atomic E-state index is 0.00266. The predicted octanol–water partition coefficient (Wildman–Crippen LogP) is 2.51. The molecule has 0 radical (unpaired) electrons. The van der Waals surface area contributed by atoms with E-state index in [2.05, 4.69) is 15.4 Å². The van der Waals surface area contributed by atoms with E-state index in [4.69, 9.17) is 0 Å². The molecule has 0 fully saturated rings. The quantitative estimate of drug-likeness (QED) is 0.748. The fourth-order valence-electron chi connectivity index (χ4n) is 2.27. The molecule has 1 amide bonds. The molecule has 0 spiro atoms. The number of nitrogens with one attached hydrogen (secondary N) is 2. The van der Waals surface area contributed by atoms with E-state index in [1.165, 1.54) is 29.1 Å². The van der Waals surface area contributed by atoms with Crippen LogP contribution in [0.15, 0.2) is 59.8 Å². The number of alkyl halides is 3. The van der Waals surface area contributed by atoms with E-state index in [1.54, 1.807) is 18.5 Å². The molecule has 0 aliphatic heterocycles. The molecule has 1 aromatic carbocycles. The van der Waals surface area contributed by atoms with Gasteiger partial charge in [-0.1, -0.05) is 12.1 Å². The molecule has 0 bridgehead atoms. The van der Waals surface area contributed by atoms with Gasteiger partial charge in [0.05, 0.1) is 5.56 Å². The van der Waals surface area contributed by atoms with E-state index >= 15 is 0 Å². The maximum absolute atomic E-state index is 12.5. The summed E-state index contributed by atoms with van der Waals surface area (Å²) in [7, 11) is 0. The van der Waals surface area contributed by atoms with E-state index in [1.807, 2.05) is 0 Å². The third kappa shape index (κ3) is 3.82. The number of hydrogen-bond acceptors (Lipinski definition) is 3. The van der Waals surface area contributed by atoms with Crippen LogP contribution in [0.1, 0.15) is 21.5 Å². The molecule has 0 saturated heterocycles. The lowest BCUT2D eigenvalue weighted by Crippen LogP contribution is -2.28. The highest BCUT2D eigenvalue weighted by Crippen LogP contribution is 2.29. The summed E-state index contributed by atoms with van der Waals surface area (Å²) in [5.41, 5.74) is -0.888. The van der Waals surface area contributed by atoms with Crippen molar-refractivity contribution in [2.45, 2.75) is 12.7 Å². The van der Waals surface area contributed by atoms with Gasteiger partial charge in [-0.05, 0) is 23.8 Å². The van der Waals surface area contributed by atoms with Gasteiger partial charge in [-0.2, -0.15) is 18.3 Å². The summed E-state index contributed by atoms with van der Waals surface area (Å²) in [6.45, 7) is -0.00266. The van der Waals surface area contributed by atoms with Crippen LogP contribution in [0.5, 0.6) is 0 Å². The third-order valence-corrected chi connectivity index (χ3v) is 3.63. The van der Waals surface area contributed by atoms with Crippen LogP contribution in [0.25, 0.3) is 5.82 Å². The summed E-state index contributed by atoms with van der Waals surface area (Å²) >= 11 is 0. The normalized spacial score (nSPS) is 11.3. The summed E-state index contributed by atoms with van der Waals surface area (Å²) < 4.78 is 39.0. The molecular weight excluding hydrogens is 349 g/mol. The topological polar surface area (TPSA) is 79.8 Å². The molecule has 2 N–H and O–H groups in total. The first-order chi connectivity index (χ1) is 12.3. The first-order valence-electron chi connectivity index (χ1n) is 7.52. The molecule has 134 valence electrons. The minimum Gasteiger partial charge on any atom is -0.348 e. The number of amides is 1. The fourth-order valence-corrected chi connectivity index (χ4v) is 2.27. The van der Waals surface area contributed by atoms with Crippen LogP contribution in [0.4, 0.5) is 13.2 Å². The molecule has 0 aliphatic carbocycles. The molecular formula is C17H13F3N4O2.